The molecule has 0 saturated heterocycles. The van der Waals surface area contributed by atoms with Gasteiger partial charge in [0.2, 0.25) is 0 Å². The Hall–Kier alpha value is -3.07. The van der Waals surface area contributed by atoms with E-state index in [1.54, 1.807) is 13.8 Å². The van der Waals surface area contributed by atoms with E-state index in [1.165, 1.54) is 19.0 Å². The number of ether oxygens (including phenoxy) is 6. The van der Waals surface area contributed by atoms with Crippen molar-refractivity contribution in [2.75, 3.05) is 40.1 Å². The number of benzene rings is 1. The topological polar surface area (TPSA) is 141 Å². The number of alkyl halides is 3. The molecule has 3 atom stereocenters. The molecule has 1 aromatic carbocycles. The molecule has 0 N–H and O–H groups in total. The lowest BCUT2D eigenvalue weighted by atomic mass is 9.86. The molecule has 2 unspecified atom stereocenters. The highest BCUT2D eigenvalue weighted by atomic mass is 79.9. The van der Waals surface area contributed by atoms with Crippen molar-refractivity contribution in [1.82, 2.24) is 0 Å². The number of carbonyl (C=O) groups is 5. The third kappa shape index (κ3) is 13.9. The average Bonchev–Trinajstić information content (AvgIpc) is 2.97. The van der Waals surface area contributed by atoms with E-state index in [-0.39, 0.29) is 4.83 Å². The van der Waals surface area contributed by atoms with Crippen molar-refractivity contribution in [2.24, 2.45) is 16.2 Å². The predicted octanol–water partition coefficient (Wildman–Crippen LogP) is 5.73. The second-order valence-electron chi connectivity index (χ2n) is 13.9. The van der Waals surface area contributed by atoms with Crippen LogP contribution in [0.25, 0.3) is 0 Å². The number of methoxy groups -OCH3 is 1. The van der Waals surface area contributed by atoms with Crippen LogP contribution in [0.3, 0.4) is 0 Å². The fraction of sp³-hybridized carbons (Fsp3) is 0.656. The van der Waals surface area contributed by atoms with Gasteiger partial charge in [0.05, 0.1) is 20.6 Å². The van der Waals surface area contributed by atoms with E-state index in [0.29, 0.717) is 13.3 Å². The van der Waals surface area contributed by atoms with Gasteiger partial charge in [-0.05, 0) is 39.7 Å². The van der Waals surface area contributed by atoms with Crippen LogP contribution >= 0.6 is 15.9 Å². The maximum Gasteiger partial charge on any atom is 0.508 e. The molecular weight excluding hydrogens is 706 g/mol. The summed E-state index contributed by atoms with van der Waals surface area (Å²) in [6.45, 7) is 10.4. The zero-order valence-corrected chi connectivity index (χ0v) is 31.3. The maximum absolute atomic E-state index is 13.5. The van der Waals surface area contributed by atoms with E-state index in [0.717, 1.165) is 19.6 Å². The van der Waals surface area contributed by atoms with Crippen LogP contribution in [0.2, 0.25) is 19.6 Å². The highest BCUT2D eigenvalue weighted by molar-refractivity contribution is 9.09. The molecule has 0 bridgehead atoms. The van der Waals surface area contributed by atoms with Crippen LogP contribution in [-0.4, -0.2) is 84.2 Å². The van der Waals surface area contributed by atoms with Crippen LogP contribution in [0.4, 0.5) is 13.6 Å². The Bertz CT molecular complexity index is 1260. The Labute approximate surface area is 284 Å². The molecular formula is C32H47BrF2O11Si. The smallest absolute Gasteiger partial charge is 0.468 e. The summed E-state index contributed by atoms with van der Waals surface area (Å²) in [6, 6.07) is 8.18. The molecule has 0 spiro atoms. The summed E-state index contributed by atoms with van der Waals surface area (Å²) in [5.74, 6) is -6.79. The lowest BCUT2D eigenvalue weighted by Crippen LogP contribution is -2.43. The van der Waals surface area contributed by atoms with Crippen LogP contribution < -0.4 is 5.19 Å². The molecule has 15 heteroatoms. The van der Waals surface area contributed by atoms with Crippen molar-refractivity contribution in [3.63, 3.8) is 0 Å². The Balaban J connectivity index is 3.01. The number of carbonyl (C=O) groups excluding carboxylic acids is 5. The minimum atomic E-state index is -3.35. The van der Waals surface area contributed by atoms with Gasteiger partial charge in [-0.25, -0.2) is 13.6 Å². The number of hydrogen-bond acceptors (Lipinski definition) is 11. The minimum absolute atomic E-state index is 0.210. The van der Waals surface area contributed by atoms with Crippen LogP contribution in [0.15, 0.2) is 24.3 Å². The van der Waals surface area contributed by atoms with Crippen LogP contribution in [0.5, 0.6) is 0 Å². The number of esters is 4. The highest BCUT2D eigenvalue weighted by Gasteiger charge is 2.43. The Morgan fingerprint density at radius 3 is 1.62 bits per heavy atom. The van der Waals surface area contributed by atoms with Gasteiger partial charge in [0.15, 0.2) is 6.61 Å². The van der Waals surface area contributed by atoms with E-state index < -0.39 is 93.3 Å². The summed E-state index contributed by atoms with van der Waals surface area (Å²) < 4.78 is 56.8. The molecule has 1 aromatic rings. The van der Waals surface area contributed by atoms with Gasteiger partial charge in [-0.1, -0.05) is 65.0 Å². The molecule has 0 fully saturated rings. The fourth-order valence-electron chi connectivity index (χ4n) is 3.93. The Morgan fingerprint density at radius 1 is 0.723 bits per heavy atom. The summed E-state index contributed by atoms with van der Waals surface area (Å²) in [5.41, 5.74) is -3.60. The molecule has 1 rings (SSSR count). The Kier molecular flexibility index (Phi) is 15.0. The summed E-state index contributed by atoms with van der Waals surface area (Å²) >= 11 is 3.65. The Morgan fingerprint density at radius 2 is 1.17 bits per heavy atom. The second-order valence-corrected chi connectivity index (χ2v) is 20.1. The van der Waals surface area contributed by atoms with Crippen LogP contribution in [0, 0.1) is 16.2 Å². The minimum Gasteiger partial charge on any atom is -0.468 e. The largest absolute Gasteiger partial charge is 0.508 e. The second kappa shape index (κ2) is 16.8. The SMILES string of the molecule is COC(=O)[C@](C)(COC(C)=O)COC(=O)OCC(C)(COC(=O)C(C)(C)CC(Br)c1ccc([Si](C)(C)C)cc1)C(=O)OCC(C)(F)F. The van der Waals surface area contributed by atoms with E-state index >= 15 is 0 Å². The number of rotatable bonds is 17. The molecule has 0 aliphatic carbocycles. The lowest BCUT2D eigenvalue weighted by Gasteiger charge is -2.30. The summed E-state index contributed by atoms with van der Waals surface area (Å²) in [4.78, 5) is 61.9. The van der Waals surface area contributed by atoms with Gasteiger partial charge in [-0.3, -0.25) is 19.2 Å². The third-order valence-electron chi connectivity index (χ3n) is 7.14. The van der Waals surface area contributed by atoms with E-state index in [9.17, 15) is 32.8 Å². The van der Waals surface area contributed by atoms with E-state index in [1.807, 2.05) is 12.1 Å². The average molecular weight is 754 g/mol. The molecule has 0 radical (unpaired) electrons. The molecule has 11 nitrogen and oxygen atoms in total. The van der Waals surface area contributed by atoms with Crippen molar-refractivity contribution in [3.05, 3.63) is 29.8 Å². The van der Waals surface area contributed by atoms with Crippen molar-refractivity contribution in [2.45, 2.75) is 78.4 Å². The van der Waals surface area contributed by atoms with Gasteiger partial charge in [0.25, 0.3) is 5.92 Å². The zero-order chi connectivity index (χ0) is 36.4. The molecule has 0 aliphatic rings. The molecule has 0 aromatic heterocycles. The standard InChI is InChI=1S/C32H47BrF2O11Si/c1-21(36)42-16-30(4,26(38)41-7)18-45-28(40)46-19-31(5,27(39)44-20-32(6,34)35)17-43-25(37)29(2,3)15-24(33)22-11-13-23(14-12-22)47(8,9)10/h11-14,24H,15-20H2,1-10H3/t24?,30-,31?/m1/s1. The quantitative estimate of drug-likeness (QED) is 0.0834. The lowest BCUT2D eigenvalue weighted by molar-refractivity contribution is -0.176. The molecule has 0 amide bonds. The molecule has 0 aliphatic heterocycles. The van der Waals surface area contributed by atoms with Gasteiger partial charge < -0.3 is 28.4 Å². The van der Waals surface area contributed by atoms with Crippen LogP contribution in [-0.2, 0) is 47.6 Å². The van der Waals surface area contributed by atoms with E-state index in [2.05, 4.69) is 47.7 Å². The maximum atomic E-state index is 13.5. The predicted molar refractivity (Wildman–Crippen MR) is 174 cm³/mol. The molecule has 0 heterocycles. The molecule has 266 valence electrons. The highest BCUT2D eigenvalue weighted by Crippen LogP contribution is 2.37. The van der Waals surface area contributed by atoms with Gasteiger partial charge >= 0.3 is 30.0 Å². The van der Waals surface area contributed by atoms with Gasteiger partial charge in [0, 0.05) is 18.7 Å². The summed E-state index contributed by atoms with van der Waals surface area (Å²) in [6.07, 6.45) is -1.03. The van der Waals surface area contributed by atoms with E-state index in [4.69, 9.17) is 28.4 Å². The normalized spacial score (nSPS) is 15.3. The van der Waals surface area contributed by atoms with Crippen molar-refractivity contribution < 1.29 is 61.2 Å². The first-order valence-electron chi connectivity index (χ1n) is 14.8. The number of hydrogen-bond donors (Lipinski definition) is 0. The zero-order valence-electron chi connectivity index (χ0n) is 28.8. The first-order valence-corrected chi connectivity index (χ1v) is 19.2. The number of halogens is 3. The van der Waals surface area contributed by atoms with Gasteiger partial charge in [-0.15, -0.1) is 0 Å². The summed E-state index contributed by atoms with van der Waals surface area (Å²) in [7, 11) is -0.401. The van der Waals surface area contributed by atoms with Gasteiger partial charge in [0.1, 0.15) is 37.3 Å². The molecule has 47 heavy (non-hydrogen) atoms. The third-order valence-corrected chi connectivity index (χ3v) is 10.1. The molecule has 0 saturated carbocycles. The summed E-state index contributed by atoms with van der Waals surface area (Å²) in [5, 5.41) is 1.29. The van der Waals surface area contributed by atoms with Crippen molar-refractivity contribution in [3.8, 4) is 0 Å². The van der Waals surface area contributed by atoms with Crippen molar-refractivity contribution in [1.29, 1.82) is 0 Å². The van der Waals surface area contributed by atoms with Gasteiger partial charge in [-0.2, -0.15) is 0 Å². The fourth-order valence-corrected chi connectivity index (χ4v) is 6.21. The first kappa shape index (κ1) is 41.9. The monoisotopic (exact) mass is 752 g/mol. The van der Waals surface area contributed by atoms with Crippen molar-refractivity contribution >= 4 is 59.2 Å². The van der Waals surface area contributed by atoms with Crippen LogP contribution in [0.1, 0.15) is 58.4 Å². The first-order chi connectivity index (χ1) is 21.3.